The lowest BCUT2D eigenvalue weighted by Crippen LogP contribution is -2.49. The highest BCUT2D eigenvalue weighted by Crippen LogP contribution is 2.17. The number of nitrogens with zero attached hydrogens (tertiary/aromatic N) is 4. The van der Waals surface area contributed by atoms with E-state index in [0.29, 0.717) is 32.6 Å². The lowest BCUT2D eigenvalue weighted by Gasteiger charge is -2.36. The molecule has 30 heavy (non-hydrogen) atoms. The van der Waals surface area contributed by atoms with Gasteiger partial charge >= 0.3 is 0 Å². The van der Waals surface area contributed by atoms with E-state index in [1.807, 2.05) is 54.2 Å². The maximum absolute atomic E-state index is 13.1. The van der Waals surface area contributed by atoms with Gasteiger partial charge in [-0.2, -0.15) is 0 Å². The molecular weight excluding hydrogens is 381 g/mol. The van der Waals surface area contributed by atoms with Crippen molar-refractivity contribution in [3.8, 4) is 0 Å². The molecule has 1 fully saturated rings. The van der Waals surface area contributed by atoms with E-state index in [1.54, 1.807) is 12.1 Å². The smallest absolute Gasteiger partial charge is 0.224 e. The number of nitrogens with one attached hydrogen (secondary N) is 1. The summed E-state index contributed by atoms with van der Waals surface area (Å²) in [5, 5.41) is 3.28. The third-order valence-electron chi connectivity index (χ3n) is 5.12. The molecule has 160 valence electrons. The monoisotopic (exact) mass is 411 g/mol. The Morgan fingerprint density at radius 1 is 1.03 bits per heavy atom. The average molecular weight is 412 g/mol. The highest BCUT2D eigenvalue weighted by Gasteiger charge is 2.21. The molecule has 1 aliphatic heterocycles. The van der Waals surface area contributed by atoms with Crippen LogP contribution in [-0.2, 0) is 11.3 Å². The van der Waals surface area contributed by atoms with Gasteiger partial charge < -0.3 is 20.0 Å². The van der Waals surface area contributed by atoms with E-state index in [4.69, 9.17) is 0 Å². The minimum atomic E-state index is -0.232. The minimum Gasteiger partial charge on any atom is -0.368 e. The highest BCUT2D eigenvalue weighted by atomic mass is 19.1. The first-order chi connectivity index (χ1) is 14.5. The molecule has 1 aliphatic rings. The summed E-state index contributed by atoms with van der Waals surface area (Å²) in [7, 11) is 3.88. The molecule has 7 heteroatoms. The number of halogens is 1. The van der Waals surface area contributed by atoms with E-state index in [-0.39, 0.29) is 11.7 Å². The summed E-state index contributed by atoms with van der Waals surface area (Å²) in [5.74, 6) is 0.680. The number of hydrogen-bond acceptors (Lipinski definition) is 3. The molecule has 0 unspecified atom stereocenters. The Labute approximate surface area is 178 Å². The fourth-order valence-corrected chi connectivity index (χ4v) is 3.41. The molecule has 6 nitrogen and oxygen atoms in total. The number of aliphatic imine (C=N–C) groups is 1. The Kier molecular flexibility index (Phi) is 7.65. The van der Waals surface area contributed by atoms with Crippen molar-refractivity contribution in [3.05, 3.63) is 66.0 Å². The summed E-state index contributed by atoms with van der Waals surface area (Å²) < 4.78 is 13.1. The Bertz CT molecular complexity index is 830. The van der Waals surface area contributed by atoms with Gasteiger partial charge in [-0.25, -0.2) is 9.38 Å². The molecule has 1 saturated heterocycles. The average Bonchev–Trinajstić information content (AvgIpc) is 2.77. The molecule has 1 N–H and O–H groups in total. The molecule has 2 aromatic carbocycles. The molecule has 0 saturated carbocycles. The van der Waals surface area contributed by atoms with E-state index < -0.39 is 0 Å². The van der Waals surface area contributed by atoms with Crippen molar-refractivity contribution in [2.75, 3.05) is 51.7 Å². The van der Waals surface area contributed by atoms with Gasteiger partial charge in [0.25, 0.3) is 0 Å². The number of carbonyl (C=O) groups excluding carboxylic acids is 1. The first kappa shape index (κ1) is 21.6. The molecule has 0 atom stereocenters. The second-order valence-electron chi connectivity index (χ2n) is 7.54. The van der Waals surface area contributed by atoms with Gasteiger partial charge in [0.15, 0.2) is 5.96 Å². The van der Waals surface area contributed by atoms with Crippen molar-refractivity contribution < 1.29 is 9.18 Å². The van der Waals surface area contributed by atoms with Gasteiger partial charge in [0.05, 0.1) is 6.54 Å². The van der Waals surface area contributed by atoms with Gasteiger partial charge in [0.1, 0.15) is 5.82 Å². The Morgan fingerprint density at radius 3 is 2.33 bits per heavy atom. The van der Waals surface area contributed by atoms with Gasteiger partial charge in [0.2, 0.25) is 5.91 Å². The van der Waals surface area contributed by atoms with Crippen LogP contribution in [0.15, 0.2) is 59.6 Å². The summed E-state index contributed by atoms with van der Waals surface area (Å²) >= 11 is 0. The third-order valence-corrected chi connectivity index (χ3v) is 5.12. The predicted octanol–water partition coefficient (Wildman–Crippen LogP) is 2.57. The van der Waals surface area contributed by atoms with Gasteiger partial charge in [-0.3, -0.25) is 4.79 Å². The molecule has 2 aromatic rings. The van der Waals surface area contributed by atoms with E-state index in [9.17, 15) is 9.18 Å². The summed E-state index contributed by atoms with van der Waals surface area (Å²) in [4.78, 5) is 23.2. The molecule has 0 spiro atoms. The fraction of sp³-hybridized carbons (Fsp3) is 0.391. The minimum absolute atomic E-state index is 0.141. The molecule has 0 bridgehead atoms. The van der Waals surface area contributed by atoms with E-state index >= 15 is 0 Å². The maximum atomic E-state index is 13.1. The van der Waals surface area contributed by atoms with Crippen LogP contribution in [-0.4, -0.2) is 68.5 Å². The van der Waals surface area contributed by atoms with E-state index in [0.717, 1.165) is 30.3 Å². The topological polar surface area (TPSA) is 51.2 Å². The second kappa shape index (κ2) is 10.6. The normalized spacial score (nSPS) is 14.6. The van der Waals surface area contributed by atoms with Gasteiger partial charge in [0, 0.05) is 58.9 Å². The lowest BCUT2D eigenvalue weighted by atomic mass is 10.2. The van der Waals surface area contributed by atoms with Gasteiger partial charge in [-0.1, -0.05) is 30.3 Å². The van der Waals surface area contributed by atoms with Crippen molar-refractivity contribution in [1.82, 2.24) is 15.1 Å². The Hall–Kier alpha value is -3.09. The molecular formula is C23H30FN5O. The van der Waals surface area contributed by atoms with Crippen LogP contribution in [0, 0.1) is 5.82 Å². The van der Waals surface area contributed by atoms with Crippen LogP contribution in [0.25, 0.3) is 0 Å². The number of piperazine rings is 1. The van der Waals surface area contributed by atoms with Gasteiger partial charge in [-0.15, -0.1) is 0 Å². The first-order valence-corrected chi connectivity index (χ1v) is 10.3. The molecule has 0 aromatic heterocycles. The molecule has 1 amide bonds. The second-order valence-corrected chi connectivity index (χ2v) is 7.54. The molecule has 3 rings (SSSR count). The lowest BCUT2D eigenvalue weighted by molar-refractivity contribution is -0.131. The number of benzene rings is 2. The van der Waals surface area contributed by atoms with Crippen LogP contribution in [0.1, 0.15) is 12.0 Å². The van der Waals surface area contributed by atoms with Crippen LogP contribution in [0.5, 0.6) is 0 Å². The Balaban J connectivity index is 1.43. The predicted molar refractivity (Wildman–Crippen MR) is 119 cm³/mol. The third kappa shape index (κ3) is 6.20. The molecule has 0 radical (unpaired) electrons. The van der Waals surface area contributed by atoms with E-state index in [1.165, 1.54) is 12.1 Å². The van der Waals surface area contributed by atoms with Crippen molar-refractivity contribution in [3.63, 3.8) is 0 Å². The summed E-state index contributed by atoms with van der Waals surface area (Å²) in [6, 6.07) is 16.6. The van der Waals surface area contributed by atoms with Crippen LogP contribution in [0.3, 0.4) is 0 Å². The molecule has 1 heterocycles. The zero-order valence-corrected chi connectivity index (χ0v) is 17.7. The van der Waals surface area contributed by atoms with Crippen molar-refractivity contribution in [2.45, 2.75) is 13.0 Å². The van der Waals surface area contributed by atoms with Crippen LogP contribution < -0.4 is 10.2 Å². The largest absolute Gasteiger partial charge is 0.368 e. The summed E-state index contributed by atoms with van der Waals surface area (Å²) in [5.41, 5.74) is 2.14. The number of guanidine groups is 1. The highest BCUT2D eigenvalue weighted by molar-refractivity contribution is 5.81. The van der Waals surface area contributed by atoms with Crippen LogP contribution >= 0.6 is 0 Å². The van der Waals surface area contributed by atoms with Crippen molar-refractivity contribution in [1.29, 1.82) is 0 Å². The number of rotatable bonds is 6. The zero-order chi connectivity index (χ0) is 21.3. The Morgan fingerprint density at radius 2 is 1.70 bits per heavy atom. The number of carbonyl (C=O) groups is 1. The summed E-state index contributed by atoms with van der Waals surface area (Å²) in [6.07, 6.45) is 0.425. The first-order valence-electron chi connectivity index (χ1n) is 10.3. The number of anilines is 1. The zero-order valence-electron chi connectivity index (χ0n) is 17.7. The number of hydrogen-bond donors (Lipinski definition) is 1. The number of amides is 1. The quantitative estimate of drug-likeness (QED) is 0.586. The van der Waals surface area contributed by atoms with E-state index in [2.05, 4.69) is 15.2 Å². The van der Waals surface area contributed by atoms with Crippen LogP contribution in [0.4, 0.5) is 10.1 Å². The van der Waals surface area contributed by atoms with Gasteiger partial charge in [-0.05, 0) is 29.8 Å². The van der Waals surface area contributed by atoms with Crippen molar-refractivity contribution >= 4 is 17.6 Å². The standard InChI is InChI=1S/C23H30FN5O/c1-27(2)23(26-18-19-6-4-3-5-7-19)25-13-12-22(30)29-16-14-28(15-17-29)21-10-8-20(24)9-11-21/h3-11H,12-18H2,1-2H3,(H,25,26). The fourth-order valence-electron chi connectivity index (χ4n) is 3.41. The molecule has 0 aliphatic carbocycles. The van der Waals surface area contributed by atoms with Crippen LogP contribution in [0.2, 0.25) is 0 Å². The maximum Gasteiger partial charge on any atom is 0.224 e. The summed E-state index contributed by atoms with van der Waals surface area (Å²) in [6.45, 7) is 4.01. The van der Waals surface area contributed by atoms with Crippen molar-refractivity contribution in [2.24, 2.45) is 4.99 Å². The SMILES string of the molecule is CN(C)C(=NCc1ccccc1)NCCC(=O)N1CCN(c2ccc(F)cc2)CC1.